The minimum absolute atomic E-state index is 0.00145. The lowest BCUT2D eigenvalue weighted by Crippen LogP contribution is -2.23. The molecule has 0 saturated heterocycles. The number of nitrogens with zero attached hydrogens (tertiary/aromatic N) is 1. The van der Waals surface area contributed by atoms with Crippen molar-refractivity contribution in [1.82, 2.24) is 0 Å². The molecular weight excluding hydrogens is 244 g/mol. The molecule has 1 N–H and O–H groups in total. The number of methoxy groups -OCH3 is 1. The number of anilines is 1. The Bertz CT molecular complexity index is 456. The van der Waals surface area contributed by atoms with Gasteiger partial charge in [0.25, 0.3) is 0 Å². The smallest absolute Gasteiger partial charge is 0.311 e. The minimum atomic E-state index is -0.428. The molecule has 5 nitrogen and oxygen atoms in total. The number of hydrogen-bond acceptors (Lipinski definition) is 4. The molecule has 0 amide bonds. The molecule has 0 aromatic heterocycles. The Morgan fingerprint density at radius 1 is 1.42 bits per heavy atom. The molecule has 1 aromatic rings. The summed E-state index contributed by atoms with van der Waals surface area (Å²) in [5.74, 6) is 0.995. The maximum Gasteiger partial charge on any atom is 0.311 e. The number of nitro groups is 1. The second-order valence-electron chi connectivity index (χ2n) is 5.12. The predicted molar refractivity (Wildman–Crippen MR) is 74.7 cm³/mol. The van der Waals surface area contributed by atoms with E-state index in [9.17, 15) is 10.1 Å². The average molecular weight is 264 g/mol. The maximum atomic E-state index is 10.8. The van der Waals surface area contributed by atoms with E-state index in [-0.39, 0.29) is 5.69 Å². The Kier molecular flexibility index (Phi) is 4.24. The molecule has 0 spiro atoms. The Labute approximate surface area is 113 Å². The summed E-state index contributed by atoms with van der Waals surface area (Å²) in [6.45, 7) is 2.17. The first-order chi connectivity index (χ1) is 9.11. The van der Waals surface area contributed by atoms with Crippen molar-refractivity contribution in [3.8, 4) is 5.75 Å². The molecule has 1 unspecified atom stereocenters. The first-order valence-corrected chi connectivity index (χ1v) is 6.71. The summed E-state index contributed by atoms with van der Waals surface area (Å²) in [6, 6.07) is 5.31. The number of rotatable bonds is 5. The number of benzene rings is 1. The van der Waals surface area contributed by atoms with Crippen LogP contribution in [-0.2, 0) is 0 Å². The van der Waals surface area contributed by atoms with Gasteiger partial charge in [-0.15, -0.1) is 0 Å². The molecule has 104 valence electrons. The largest absolute Gasteiger partial charge is 0.490 e. The van der Waals surface area contributed by atoms with Crippen LogP contribution in [0.4, 0.5) is 11.4 Å². The van der Waals surface area contributed by atoms with Crippen LogP contribution in [0.15, 0.2) is 18.2 Å². The molecule has 1 saturated carbocycles. The van der Waals surface area contributed by atoms with E-state index in [2.05, 4.69) is 12.2 Å². The van der Waals surface area contributed by atoms with Crippen molar-refractivity contribution in [3.63, 3.8) is 0 Å². The van der Waals surface area contributed by atoms with E-state index < -0.39 is 4.92 Å². The quantitative estimate of drug-likeness (QED) is 0.652. The van der Waals surface area contributed by atoms with Crippen molar-refractivity contribution < 1.29 is 9.66 Å². The van der Waals surface area contributed by atoms with E-state index in [1.807, 2.05) is 0 Å². The fourth-order valence-electron chi connectivity index (χ4n) is 2.76. The van der Waals surface area contributed by atoms with Crippen LogP contribution in [0, 0.1) is 16.0 Å². The van der Waals surface area contributed by atoms with E-state index in [0.29, 0.717) is 17.7 Å². The molecule has 2 rings (SSSR count). The third kappa shape index (κ3) is 3.16. The van der Waals surface area contributed by atoms with Crippen LogP contribution in [0.5, 0.6) is 5.75 Å². The summed E-state index contributed by atoms with van der Waals surface area (Å²) < 4.78 is 5.07. The van der Waals surface area contributed by atoms with Gasteiger partial charge < -0.3 is 10.1 Å². The van der Waals surface area contributed by atoms with Gasteiger partial charge in [-0.3, -0.25) is 10.1 Å². The van der Waals surface area contributed by atoms with Gasteiger partial charge in [-0.2, -0.15) is 0 Å². The molecule has 0 bridgehead atoms. The van der Waals surface area contributed by atoms with Crippen molar-refractivity contribution >= 4 is 11.4 Å². The van der Waals surface area contributed by atoms with E-state index in [0.717, 1.165) is 5.69 Å². The predicted octanol–water partition coefficient (Wildman–Crippen LogP) is 3.59. The van der Waals surface area contributed by atoms with Crippen LogP contribution in [0.3, 0.4) is 0 Å². The van der Waals surface area contributed by atoms with Crippen molar-refractivity contribution in [2.24, 2.45) is 5.92 Å². The molecule has 19 heavy (non-hydrogen) atoms. The molecule has 0 radical (unpaired) electrons. The molecule has 1 aliphatic carbocycles. The van der Waals surface area contributed by atoms with Crippen LogP contribution < -0.4 is 10.1 Å². The zero-order valence-electron chi connectivity index (χ0n) is 11.4. The van der Waals surface area contributed by atoms with Gasteiger partial charge in [-0.25, -0.2) is 0 Å². The summed E-state index contributed by atoms with van der Waals surface area (Å²) >= 11 is 0. The Morgan fingerprint density at radius 2 is 2.11 bits per heavy atom. The number of nitrogens with one attached hydrogen (secondary N) is 1. The standard InChI is InChI=1S/C14H20N2O3/c1-10(11-5-3-4-6-11)15-12-7-8-13(16(17)18)14(9-12)19-2/h7-11,15H,3-6H2,1-2H3. The highest BCUT2D eigenvalue weighted by molar-refractivity contribution is 5.58. The maximum absolute atomic E-state index is 10.8. The molecule has 1 aromatic carbocycles. The number of nitro benzene ring substituents is 1. The van der Waals surface area contributed by atoms with Crippen molar-refractivity contribution in [1.29, 1.82) is 0 Å². The van der Waals surface area contributed by atoms with Gasteiger partial charge in [0.2, 0.25) is 0 Å². The molecular formula is C14H20N2O3. The fourth-order valence-corrected chi connectivity index (χ4v) is 2.76. The summed E-state index contributed by atoms with van der Waals surface area (Å²) in [7, 11) is 1.45. The first kappa shape index (κ1) is 13.6. The SMILES string of the molecule is COc1cc(NC(C)C2CCCC2)ccc1[N+](=O)[O-]. The van der Waals surface area contributed by atoms with Gasteiger partial charge in [-0.1, -0.05) is 12.8 Å². The molecule has 0 heterocycles. The second kappa shape index (κ2) is 5.91. The first-order valence-electron chi connectivity index (χ1n) is 6.71. The second-order valence-corrected chi connectivity index (χ2v) is 5.12. The Morgan fingerprint density at radius 3 is 2.68 bits per heavy atom. The minimum Gasteiger partial charge on any atom is -0.490 e. The van der Waals surface area contributed by atoms with Crippen molar-refractivity contribution in [3.05, 3.63) is 28.3 Å². The van der Waals surface area contributed by atoms with Crippen LogP contribution in [0.2, 0.25) is 0 Å². The average Bonchev–Trinajstić information content (AvgIpc) is 2.92. The van der Waals surface area contributed by atoms with E-state index >= 15 is 0 Å². The monoisotopic (exact) mass is 264 g/mol. The lowest BCUT2D eigenvalue weighted by Gasteiger charge is -2.21. The van der Waals surface area contributed by atoms with E-state index in [1.54, 1.807) is 12.1 Å². The summed E-state index contributed by atoms with van der Waals surface area (Å²) in [5.41, 5.74) is 0.878. The van der Waals surface area contributed by atoms with Gasteiger partial charge in [0.05, 0.1) is 12.0 Å². The third-order valence-electron chi connectivity index (χ3n) is 3.88. The molecule has 0 aliphatic heterocycles. The van der Waals surface area contributed by atoms with E-state index in [4.69, 9.17) is 4.74 Å². The summed E-state index contributed by atoms with van der Waals surface area (Å²) in [6.07, 6.45) is 5.14. The van der Waals surface area contributed by atoms with Gasteiger partial charge in [-0.05, 0) is 31.7 Å². The van der Waals surface area contributed by atoms with Gasteiger partial charge >= 0.3 is 5.69 Å². The van der Waals surface area contributed by atoms with E-state index in [1.165, 1.54) is 38.9 Å². The lowest BCUT2D eigenvalue weighted by molar-refractivity contribution is -0.385. The molecule has 5 heteroatoms. The summed E-state index contributed by atoms with van der Waals surface area (Å²) in [4.78, 5) is 10.4. The Hall–Kier alpha value is -1.78. The zero-order valence-corrected chi connectivity index (χ0v) is 11.4. The van der Waals surface area contributed by atoms with Crippen LogP contribution in [0.1, 0.15) is 32.6 Å². The molecule has 1 aliphatic rings. The van der Waals surface area contributed by atoms with Gasteiger partial charge in [0.15, 0.2) is 5.75 Å². The van der Waals surface area contributed by atoms with Gasteiger partial charge in [0, 0.05) is 23.9 Å². The highest BCUT2D eigenvalue weighted by Gasteiger charge is 2.22. The molecule has 1 fully saturated rings. The highest BCUT2D eigenvalue weighted by atomic mass is 16.6. The topological polar surface area (TPSA) is 64.4 Å². The zero-order chi connectivity index (χ0) is 13.8. The number of hydrogen-bond donors (Lipinski definition) is 1. The van der Waals surface area contributed by atoms with Crippen LogP contribution >= 0.6 is 0 Å². The van der Waals surface area contributed by atoms with Gasteiger partial charge in [0.1, 0.15) is 0 Å². The number of ether oxygens (including phenoxy) is 1. The summed E-state index contributed by atoms with van der Waals surface area (Å²) in [5, 5.41) is 14.3. The van der Waals surface area contributed by atoms with Crippen LogP contribution in [-0.4, -0.2) is 18.1 Å². The normalized spacial score (nSPS) is 17.2. The Balaban J connectivity index is 2.10. The fraction of sp³-hybridized carbons (Fsp3) is 0.571. The molecule has 1 atom stereocenters. The van der Waals surface area contributed by atoms with Crippen molar-refractivity contribution in [2.45, 2.75) is 38.6 Å². The van der Waals surface area contributed by atoms with Crippen LogP contribution in [0.25, 0.3) is 0 Å². The van der Waals surface area contributed by atoms with Crippen molar-refractivity contribution in [2.75, 3.05) is 12.4 Å². The lowest BCUT2D eigenvalue weighted by atomic mass is 9.99. The third-order valence-corrected chi connectivity index (χ3v) is 3.88. The highest BCUT2D eigenvalue weighted by Crippen LogP contribution is 2.32.